The Morgan fingerprint density at radius 3 is 2.92 bits per heavy atom. The first-order valence-electron chi connectivity index (χ1n) is 7.26. The molecule has 3 rings (SSSR count). The minimum atomic E-state index is -0.338. The smallest absolute Gasteiger partial charge is 0.277 e. The molecule has 0 aliphatic rings. The number of carbonyl (C=O) groups is 1. The Labute approximate surface area is 147 Å². The molecule has 0 bridgehead atoms. The highest BCUT2D eigenvalue weighted by Gasteiger charge is 2.08. The van der Waals surface area contributed by atoms with Gasteiger partial charge in [0.1, 0.15) is 5.75 Å². The molecule has 120 valence electrons. The second-order valence-electron chi connectivity index (χ2n) is 4.97. The number of aromatic nitrogens is 1. The van der Waals surface area contributed by atoms with Crippen LogP contribution < -0.4 is 10.2 Å². The molecule has 24 heavy (non-hydrogen) atoms. The van der Waals surface area contributed by atoms with Gasteiger partial charge in [0.25, 0.3) is 5.91 Å². The van der Waals surface area contributed by atoms with Gasteiger partial charge in [0.05, 0.1) is 10.7 Å². The molecule has 6 heteroatoms. The number of halogens is 1. The quantitative estimate of drug-likeness (QED) is 0.541. The van der Waals surface area contributed by atoms with Crippen LogP contribution in [0.1, 0.15) is 5.56 Å². The summed E-state index contributed by atoms with van der Waals surface area (Å²) in [4.78, 5) is 15.8. The third kappa shape index (κ3) is 3.97. The van der Waals surface area contributed by atoms with Gasteiger partial charge in [-0.3, -0.25) is 9.78 Å². The first-order valence-corrected chi connectivity index (χ1v) is 8.05. The molecule has 2 aromatic carbocycles. The van der Waals surface area contributed by atoms with Crippen molar-refractivity contribution in [3.63, 3.8) is 0 Å². The van der Waals surface area contributed by atoms with Gasteiger partial charge in [-0.1, -0.05) is 36.4 Å². The number of ether oxygens (including phenoxy) is 1. The van der Waals surface area contributed by atoms with E-state index >= 15 is 0 Å². The van der Waals surface area contributed by atoms with Gasteiger partial charge < -0.3 is 4.74 Å². The number of pyridine rings is 1. The standard InChI is InChI=1S/C18H14BrN3O2/c19-18-15-6-2-1-5-14(15)7-8-16(18)24-12-17(23)22-21-11-13-4-3-9-20-10-13/h1-11H,12H2,(H,22,23). The fourth-order valence-electron chi connectivity index (χ4n) is 2.13. The van der Waals surface area contributed by atoms with Crippen molar-refractivity contribution in [1.29, 1.82) is 0 Å². The highest BCUT2D eigenvalue weighted by atomic mass is 79.9. The summed E-state index contributed by atoms with van der Waals surface area (Å²) < 4.78 is 6.39. The predicted molar refractivity (Wildman–Crippen MR) is 97.1 cm³/mol. The lowest BCUT2D eigenvalue weighted by molar-refractivity contribution is -0.123. The monoisotopic (exact) mass is 383 g/mol. The van der Waals surface area contributed by atoms with Crippen molar-refractivity contribution in [2.24, 2.45) is 5.10 Å². The van der Waals surface area contributed by atoms with Gasteiger partial charge in [0.15, 0.2) is 6.61 Å². The van der Waals surface area contributed by atoms with Crippen LogP contribution in [0.25, 0.3) is 10.8 Å². The summed E-state index contributed by atoms with van der Waals surface area (Å²) in [7, 11) is 0. The van der Waals surface area contributed by atoms with Crippen molar-refractivity contribution in [3.05, 3.63) is 71.0 Å². The van der Waals surface area contributed by atoms with Gasteiger partial charge in [0, 0.05) is 18.0 Å². The molecule has 0 aliphatic heterocycles. The maximum atomic E-state index is 11.8. The lowest BCUT2D eigenvalue weighted by Gasteiger charge is -2.09. The van der Waals surface area contributed by atoms with Gasteiger partial charge in [-0.2, -0.15) is 5.10 Å². The molecular formula is C18H14BrN3O2. The number of nitrogens with one attached hydrogen (secondary N) is 1. The number of hydrazone groups is 1. The molecule has 0 aliphatic carbocycles. The molecule has 1 N–H and O–H groups in total. The Morgan fingerprint density at radius 1 is 1.21 bits per heavy atom. The van der Waals surface area contributed by atoms with Crippen LogP contribution in [0, 0.1) is 0 Å². The average Bonchev–Trinajstić information content (AvgIpc) is 2.62. The van der Waals surface area contributed by atoms with E-state index in [-0.39, 0.29) is 12.5 Å². The van der Waals surface area contributed by atoms with Crippen LogP contribution in [0.4, 0.5) is 0 Å². The maximum Gasteiger partial charge on any atom is 0.277 e. The van der Waals surface area contributed by atoms with Crippen LogP contribution in [0.3, 0.4) is 0 Å². The molecule has 0 spiro atoms. The normalized spacial score (nSPS) is 10.9. The van der Waals surface area contributed by atoms with Gasteiger partial charge in [0.2, 0.25) is 0 Å². The first kappa shape index (κ1) is 16.1. The van der Waals surface area contributed by atoms with Gasteiger partial charge in [-0.05, 0) is 38.8 Å². The third-order valence-corrected chi connectivity index (χ3v) is 4.09. The van der Waals surface area contributed by atoms with E-state index in [1.165, 1.54) is 6.21 Å². The molecule has 0 unspecified atom stereocenters. The number of nitrogens with zero attached hydrogens (tertiary/aromatic N) is 2. The molecule has 3 aromatic rings. The van der Waals surface area contributed by atoms with E-state index in [2.05, 4.69) is 31.4 Å². The molecule has 0 fully saturated rings. The van der Waals surface area contributed by atoms with Crippen LogP contribution in [-0.2, 0) is 4.79 Å². The Bertz CT molecular complexity index is 882. The minimum absolute atomic E-state index is 0.124. The fourth-order valence-corrected chi connectivity index (χ4v) is 2.74. The number of hydrogen-bond donors (Lipinski definition) is 1. The Morgan fingerprint density at radius 2 is 2.08 bits per heavy atom. The molecule has 5 nitrogen and oxygen atoms in total. The van der Waals surface area contributed by atoms with E-state index in [1.54, 1.807) is 18.5 Å². The van der Waals surface area contributed by atoms with Crippen molar-refractivity contribution in [2.75, 3.05) is 6.61 Å². The lowest BCUT2D eigenvalue weighted by Crippen LogP contribution is -2.24. The summed E-state index contributed by atoms with van der Waals surface area (Å²) in [6, 6.07) is 15.4. The van der Waals surface area contributed by atoms with Gasteiger partial charge in [-0.25, -0.2) is 5.43 Å². The summed E-state index contributed by atoms with van der Waals surface area (Å²) in [6.07, 6.45) is 4.85. The van der Waals surface area contributed by atoms with Crippen molar-refractivity contribution in [1.82, 2.24) is 10.4 Å². The summed E-state index contributed by atoms with van der Waals surface area (Å²) in [5.41, 5.74) is 3.22. The zero-order chi connectivity index (χ0) is 16.8. The van der Waals surface area contributed by atoms with Gasteiger partial charge in [-0.15, -0.1) is 0 Å². The Kier molecular flexibility index (Phi) is 5.18. The fraction of sp³-hybridized carbons (Fsp3) is 0.0556. The molecular weight excluding hydrogens is 370 g/mol. The van der Waals surface area contributed by atoms with Crippen molar-refractivity contribution in [2.45, 2.75) is 0 Å². The van der Waals surface area contributed by atoms with Crippen LogP contribution in [0.2, 0.25) is 0 Å². The Hall–Kier alpha value is -2.73. The third-order valence-electron chi connectivity index (χ3n) is 3.27. The summed E-state index contributed by atoms with van der Waals surface area (Å²) in [5.74, 6) is 0.273. The topological polar surface area (TPSA) is 63.6 Å². The van der Waals surface area contributed by atoms with Crippen molar-refractivity contribution in [3.8, 4) is 5.75 Å². The molecule has 1 aromatic heterocycles. The van der Waals surface area contributed by atoms with Crippen LogP contribution in [-0.4, -0.2) is 23.7 Å². The highest BCUT2D eigenvalue weighted by molar-refractivity contribution is 9.10. The minimum Gasteiger partial charge on any atom is -0.483 e. The van der Waals surface area contributed by atoms with Gasteiger partial charge >= 0.3 is 0 Å². The van der Waals surface area contributed by atoms with Crippen LogP contribution in [0.5, 0.6) is 5.75 Å². The largest absolute Gasteiger partial charge is 0.483 e. The number of fused-ring (bicyclic) bond motifs is 1. The second-order valence-corrected chi connectivity index (χ2v) is 5.76. The number of rotatable bonds is 5. The molecule has 1 amide bonds. The van der Waals surface area contributed by atoms with E-state index in [1.807, 2.05) is 42.5 Å². The maximum absolute atomic E-state index is 11.8. The van der Waals surface area contributed by atoms with Crippen molar-refractivity contribution >= 4 is 38.8 Å². The zero-order valence-corrected chi connectivity index (χ0v) is 14.2. The summed E-state index contributed by atoms with van der Waals surface area (Å²) in [6.45, 7) is -0.124. The van der Waals surface area contributed by atoms with E-state index in [9.17, 15) is 4.79 Å². The van der Waals surface area contributed by atoms with E-state index < -0.39 is 0 Å². The molecule has 0 atom stereocenters. The SMILES string of the molecule is O=C(COc1ccc2ccccc2c1Br)NN=Cc1cccnc1. The summed E-state index contributed by atoms with van der Waals surface area (Å²) in [5, 5.41) is 6.00. The second kappa shape index (κ2) is 7.70. The lowest BCUT2D eigenvalue weighted by atomic mass is 10.1. The molecule has 0 saturated carbocycles. The molecule has 0 radical (unpaired) electrons. The predicted octanol–water partition coefficient (Wildman–Crippen LogP) is 3.53. The highest BCUT2D eigenvalue weighted by Crippen LogP contribution is 2.32. The molecule has 1 heterocycles. The van der Waals surface area contributed by atoms with E-state index in [0.29, 0.717) is 5.75 Å². The number of benzene rings is 2. The number of carbonyl (C=O) groups excluding carboxylic acids is 1. The van der Waals surface area contributed by atoms with Crippen LogP contribution >= 0.6 is 15.9 Å². The zero-order valence-electron chi connectivity index (χ0n) is 12.6. The van der Waals surface area contributed by atoms with E-state index in [4.69, 9.17) is 4.74 Å². The Balaban J connectivity index is 1.58. The average molecular weight is 384 g/mol. The summed E-state index contributed by atoms with van der Waals surface area (Å²) >= 11 is 3.52. The number of amides is 1. The van der Waals surface area contributed by atoms with Crippen molar-refractivity contribution < 1.29 is 9.53 Å². The van der Waals surface area contributed by atoms with Crippen LogP contribution in [0.15, 0.2) is 70.5 Å². The number of hydrogen-bond acceptors (Lipinski definition) is 4. The first-order chi connectivity index (χ1) is 11.7. The molecule has 0 saturated heterocycles. The van der Waals surface area contributed by atoms with E-state index in [0.717, 1.165) is 20.8 Å².